The summed E-state index contributed by atoms with van der Waals surface area (Å²) in [6.07, 6.45) is 1.26. The molecule has 1 fully saturated rings. The van der Waals surface area contributed by atoms with Gasteiger partial charge in [0.05, 0.1) is 6.04 Å². The Balaban J connectivity index is 1.86. The number of hydrogen-bond acceptors (Lipinski definition) is 4. The van der Waals surface area contributed by atoms with Gasteiger partial charge in [-0.25, -0.2) is 9.78 Å². The van der Waals surface area contributed by atoms with E-state index in [1.54, 1.807) is 35.4 Å². The topological polar surface area (TPSA) is 83.0 Å². The van der Waals surface area contributed by atoms with E-state index in [0.29, 0.717) is 37.4 Å². The van der Waals surface area contributed by atoms with Crippen molar-refractivity contribution in [2.75, 3.05) is 19.6 Å². The third kappa shape index (κ3) is 4.60. The minimum atomic E-state index is -0.950. The molecule has 0 unspecified atom stereocenters. The average Bonchev–Trinajstić information content (AvgIpc) is 3.17. The number of hydrogen-bond donors (Lipinski definition) is 1. The van der Waals surface area contributed by atoms with E-state index in [0.717, 1.165) is 0 Å². The number of nitrogens with zero attached hydrogens (tertiary/aromatic N) is 3. The molecule has 2 aromatic rings. The molecule has 1 aromatic heterocycles. The second kappa shape index (κ2) is 8.73. The van der Waals surface area contributed by atoms with Crippen LogP contribution in [-0.2, 0) is 0 Å². The Morgan fingerprint density at radius 3 is 2.64 bits per heavy atom. The fraction of sp³-hybridized carbons (Fsp3) is 0.381. The Morgan fingerprint density at radius 2 is 2.00 bits per heavy atom. The molecule has 0 radical (unpaired) electrons. The maximum Gasteiger partial charge on any atom is 0.407 e. The fourth-order valence-electron chi connectivity index (χ4n) is 3.35. The van der Waals surface area contributed by atoms with Crippen molar-refractivity contribution in [2.24, 2.45) is 5.92 Å². The summed E-state index contributed by atoms with van der Waals surface area (Å²) in [4.78, 5) is 32.1. The molecule has 1 atom stereocenters. The zero-order valence-corrected chi connectivity index (χ0v) is 16.1. The second-order valence-corrected chi connectivity index (χ2v) is 7.29. The van der Waals surface area contributed by atoms with Gasteiger partial charge in [-0.15, -0.1) is 0 Å². The van der Waals surface area contributed by atoms with Crippen LogP contribution in [0.25, 0.3) is 0 Å². The van der Waals surface area contributed by atoms with E-state index in [9.17, 15) is 14.7 Å². The molecule has 1 aliphatic heterocycles. The first-order valence-electron chi connectivity index (χ1n) is 9.42. The maximum absolute atomic E-state index is 13.4. The number of amides is 2. The minimum absolute atomic E-state index is 0.157. The van der Waals surface area contributed by atoms with Gasteiger partial charge in [-0.05, 0) is 36.6 Å². The predicted molar refractivity (Wildman–Crippen MR) is 105 cm³/mol. The van der Waals surface area contributed by atoms with Crippen LogP contribution in [0.5, 0.6) is 11.6 Å². The van der Waals surface area contributed by atoms with Crippen molar-refractivity contribution in [1.82, 2.24) is 14.8 Å². The second-order valence-electron chi connectivity index (χ2n) is 7.29. The van der Waals surface area contributed by atoms with Gasteiger partial charge in [0.1, 0.15) is 11.3 Å². The summed E-state index contributed by atoms with van der Waals surface area (Å²) in [5, 5.41) is 9.25. The van der Waals surface area contributed by atoms with Crippen LogP contribution < -0.4 is 4.74 Å². The average molecular weight is 383 g/mol. The van der Waals surface area contributed by atoms with Crippen LogP contribution in [0.1, 0.15) is 30.6 Å². The highest BCUT2D eigenvalue weighted by Gasteiger charge is 2.34. The molecule has 0 spiro atoms. The summed E-state index contributed by atoms with van der Waals surface area (Å²) >= 11 is 0. The fourth-order valence-corrected chi connectivity index (χ4v) is 3.35. The molecule has 2 heterocycles. The first-order valence-corrected chi connectivity index (χ1v) is 9.42. The molecule has 2 amide bonds. The highest BCUT2D eigenvalue weighted by atomic mass is 16.5. The highest BCUT2D eigenvalue weighted by Crippen LogP contribution is 2.26. The van der Waals surface area contributed by atoms with Crippen LogP contribution in [0, 0.1) is 5.92 Å². The van der Waals surface area contributed by atoms with E-state index >= 15 is 0 Å². The van der Waals surface area contributed by atoms with Gasteiger partial charge in [0.15, 0.2) is 0 Å². The number of aromatic nitrogens is 1. The van der Waals surface area contributed by atoms with Crippen LogP contribution in [0.4, 0.5) is 4.79 Å². The van der Waals surface area contributed by atoms with E-state index in [4.69, 9.17) is 4.74 Å². The van der Waals surface area contributed by atoms with E-state index in [2.05, 4.69) is 4.98 Å². The van der Waals surface area contributed by atoms with Crippen LogP contribution in [0.15, 0.2) is 48.7 Å². The van der Waals surface area contributed by atoms with Crippen molar-refractivity contribution in [3.8, 4) is 11.6 Å². The number of para-hydroxylation sites is 1. The number of ether oxygens (including phenoxy) is 1. The summed E-state index contributed by atoms with van der Waals surface area (Å²) in [5.41, 5.74) is 0.376. The molecule has 148 valence electrons. The molecular formula is C21H25N3O4. The lowest BCUT2D eigenvalue weighted by molar-refractivity contribution is 0.0650. The normalized spacial score (nSPS) is 16.2. The maximum atomic E-state index is 13.4. The van der Waals surface area contributed by atoms with Crippen molar-refractivity contribution in [3.05, 3.63) is 54.2 Å². The highest BCUT2D eigenvalue weighted by molar-refractivity contribution is 5.96. The zero-order chi connectivity index (χ0) is 20.1. The summed E-state index contributed by atoms with van der Waals surface area (Å²) in [6, 6.07) is 12.4. The van der Waals surface area contributed by atoms with Crippen LogP contribution in [0.3, 0.4) is 0 Å². The molecule has 1 aromatic carbocycles. The van der Waals surface area contributed by atoms with Crippen molar-refractivity contribution >= 4 is 12.0 Å². The van der Waals surface area contributed by atoms with Crippen molar-refractivity contribution < 1.29 is 19.4 Å². The molecule has 1 aliphatic rings. The molecule has 28 heavy (non-hydrogen) atoms. The predicted octanol–water partition coefficient (Wildman–Crippen LogP) is 3.72. The molecule has 7 heteroatoms. The molecule has 0 aliphatic carbocycles. The van der Waals surface area contributed by atoms with E-state index in [1.165, 1.54) is 4.90 Å². The Kier molecular flexibility index (Phi) is 6.13. The summed E-state index contributed by atoms with van der Waals surface area (Å²) < 4.78 is 5.84. The molecule has 1 N–H and O–H groups in total. The first kappa shape index (κ1) is 19.7. The molecule has 0 bridgehead atoms. The largest absolute Gasteiger partial charge is 0.465 e. The standard InChI is InChI=1S/C21H25N3O4/c1-15(2)13-24(16-10-12-23(14-16)21(26)27)20(25)18-9-6-11-22-19(18)28-17-7-4-3-5-8-17/h3-9,11,15-16H,10,12-14H2,1-2H3,(H,26,27)/t16-/m0/s1. The van der Waals surface area contributed by atoms with Gasteiger partial charge in [-0.3, -0.25) is 4.79 Å². The van der Waals surface area contributed by atoms with Gasteiger partial charge < -0.3 is 19.6 Å². The summed E-state index contributed by atoms with van der Waals surface area (Å²) in [6.45, 7) is 5.37. The third-order valence-electron chi connectivity index (χ3n) is 4.66. The number of likely N-dealkylation sites (tertiary alicyclic amines) is 1. The van der Waals surface area contributed by atoms with Crippen LogP contribution >= 0.6 is 0 Å². The van der Waals surface area contributed by atoms with Gasteiger partial charge in [0.2, 0.25) is 5.88 Å². The number of benzene rings is 1. The zero-order valence-electron chi connectivity index (χ0n) is 16.1. The van der Waals surface area contributed by atoms with Crippen LogP contribution in [-0.4, -0.2) is 57.6 Å². The van der Waals surface area contributed by atoms with Gasteiger partial charge in [-0.1, -0.05) is 32.0 Å². The number of pyridine rings is 1. The Morgan fingerprint density at radius 1 is 1.25 bits per heavy atom. The van der Waals surface area contributed by atoms with Gasteiger partial charge in [-0.2, -0.15) is 0 Å². The van der Waals surface area contributed by atoms with E-state index < -0.39 is 6.09 Å². The van der Waals surface area contributed by atoms with Crippen molar-refractivity contribution in [3.63, 3.8) is 0 Å². The van der Waals surface area contributed by atoms with Gasteiger partial charge in [0, 0.05) is 25.8 Å². The van der Waals surface area contributed by atoms with E-state index in [1.807, 2.05) is 32.0 Å². The lowest BCUT2D eigenvalue weighted by Crippen LogP contribution is -2.44. The quantitative estimate of drug-likeness (QED) is 0.822. The van der Waals surface area contributed by atoms with Crippen molar-refractivity contribution in [1.29, 1.82) is 0 Å². The molecule has 7 nitrogen and oxygen atoms in total. The Labute approximate surface area is 164 Å². The van der Waals surface area contributed by atoms with Crippen molar-refractivity contribution in [2.45, 2.75) is 26.3 Å². The molecular weight excluding hydrogens is 358 g/mol. The van der Waals surface area contributed by atoms with Crippen LogP contribution in [0.2, 0.25) is 0 Å². The van der Waals surface area contributed by atoms with Gasteiger partial charge >= 0.3 is 6.09 Å². The number of rotatable bonds is 6. The first-order chi connectivity index (χ1) is 13.5. The monoisotopic (exact) mass is 383 g/mol. The Hall–Kier alpha value is -3.09. The van der Waals surface area contributed by atoms with Gasteiger partial charge in [0.25, 0.3) is 5.91 Å². The SMILES string of the molecule is CC(C)CN(C(=O)c1cccnc1Oc1ccccc1)[C@H]1CCN(C(=O)O)C1. The number of carbonyl (C=O) groups excluding carboxylic acids is 1. The van der Waals surface area contributed by atoms with E-state index in [-0.39, 0.29) is 23.7 Å². The smallest absolute Gasteiger partial charge is 0.407 e. The number of carbonyl (C=O) groups is 2. The number of carboxylic acid groups (broad SMARTS) is 1. The molecule has 0 saturated carbocycles. The minimum Gasteiger partial charge on any atom is -0.465 e. The lowest BCUT2D eigenvalue weighted by Gasteiger charge is -2.31. The molecule has 3 rings (SSSR count). The summed E-state index contributed by atoms with van der Waals surface area (Å²) in [7, 11) is 0. The summed E-state index contributed by atoms with van der Waals surface area (Å²) in [5.74, 6) is 0.909. The third-order valence-corrected chi connectivity index (χ3v) is 4.66. The molecule has 1 saturated heterocycles. The lowest BCUT2D eigenvalue weighted by atomic mass is 10.1. The Bertz CT molecular complexity index is 825.